The number of carbonyl (C=O) groups is 1. The van der Waals surface area contributed by atoms with E-state index in [0.29, 0.717) is 43.2 Å². The third kappa shape index (κ3) is 5.15. The van der Waals surface area contributed by atoms with Crippen LogP contribution in [-0.2, 0) is 11.2 Å². The minimum absolute atomic E-state index is 0.0239. The van der Waals surface area contributed by atoms with E-state index in [4.69, 9.17) is 14.2 Å². The highest BCUT2D eigenvalue weighted by Crippen LogP contribution is 2.34. The van der Waals surface area contributed by atoms with Gasteiger partial charge in [0.25, 0.3) is 0 Å². The molecule has 0 spiro atoms. The van der Waals surface area contributed by atoms with Crippen LogP contribution >= 0.6 is 0 Å². The predicted molar refractivity (Wildman–Crippen MR) is 81.4 cm³/mol. The lowest BCUT2D eigenvalue weighted by molar-refractivity contribution is -0.120. The lowest BCUT2D eigenvalue weighted by Gasteiger charge is -2.15. The van der Waals surface area contributed by atoms with Crippen LogP contribution in [0.25, 0.3) is 0 Å². The Hall–Kier alpha value is -1.95. The Balaban J connectivity index is 2.71. The maximum atomic E-state index is 11.6. The SMILES string of the molecule is CNCCC(=O)NCCc1c(OC)cc(OC)cc1OC. The van der Waals surface area contributed by atoms with E-state index in [0.717, 1.165) is 5.56 Å². The summed E-state index contributed by atoms with van der Waals surface area (Å²) in [6.45, 7) is 1.20. The fraction of sp³-hybridized carbons (Fsp3) is 0.533. The second-order valence-corrected chi connectivity index (χ2v) is 4.46. The first-order valence-electron chi connectivity index (χ1n) is 6.86. The number of ether oxygens (including phenoxy) is 3. The average molecular weight is 296 g/mol. The molecule has 1 aromatic carbocycles. The Kier molecular flexibility index (Phi) is 7.39. The zero-order valence-electron chi connectivity index (χ0n) is 13.1. The Labute approximate surface area is 125 Å². The van der Waals surface area contributed by atoms with Gasteiger partial charge in [-0.05, 0) is 13.5 Å². The first kappa shape index (κ1) is 17.1. The molecular weight excluding hydrogens is 272 g/mol. The molecule has 1 amide bonds. The lowest BCUT2D eigenvalue weighted by Crippen LogP contribution is -2.28. The third-order valence-electron chi connectivity index (χ3n) is 3.12. The van der Waals surface area contributed by atoms with Crippen LogP contribution in [0.4, 0.5) is 0 Å². The zero-order valence-corrected chi connectivity index (χ0v) is 13.1. The van der Waals surface area contributed by atoms with Crippen molar-refractivity contribution in [2.75, 3.05) is 41.5 Å². The fourth-order valence-electron chi connectivity index (χ4n) is 1.98. The lowest BCUT2D eigenvalue weighted by atomic mass is 10.1. The van der Waals surface area contributed by atoms with Crippen LogP contribution in [0.1, 0.15) is 12.0 Å². The molecular formula is C15H24N2O4. The van der Waals surface area contributed by atoms with Crippen LogP contribution < -0.4 is 24.8 Å². The molecule has 0 saturated carbocycles. The van der Waals surface area contributed by atoms with Crippen molar-refractivity contribution in [1.82, 2.24) is 10.6 Å². The Bertz CT molecular complexity index is 438. The molecule has 0 radical (unpaired) electrons. The average Bonchev–Trinajstić information content (AvgIpc) is 2.52. The van der Waals surface area contributed by atoms with Gasteiger partial charge in [-0.1, -0.05) is 0 Å². The summed E-state index contributed by atoms with van der Waals surface area (Å²) < 4.78 is 15.9. The van der Waals surface area contributed by atoms with E-state index in [1.54, 1.807) is 33.5 Å². The molecule has 0 fully saturated rings. The normalized spacial score (nSPS) is 10.1. The molecule has 0 aromatic heterocycles. The quantitative estimate of drug-likeness (QED) is 0.711. The van der Waals surface area contributed by atoms with Crippen LogP contribution in [-0.4, -0.2) is 47.4 Å². The zero-order chi connectivity index (χ0) is 15.7. The van der Waals surface area contributed by atoms with Gasteiger partial charge in [-0.2, -0.15) is 0 Å². The minimum Gasteiger partial charge on any atom is -0.496 e. The standard InChI is InChI=1S/C15H24N2O4/c1-16-7-6-15(18)17-8-5-12-13(20-3)9-11(19-2)10-14(12)21-4/h9-10,16H,5-8H2,1-4H3,(H,17,18). The van der Waals surface area contributed by atoms with E-state index in [2.05, 4.69) is 10.6 Å². The van der Waals surface area contributed by atoms with Gasteiger partial charge in [0, 0.05) is 37.2 Å². The fourth-order valence-corrected chi connectivity index (χ4v) is 1.98. The molecule has 118 valence electrons. The Morgan fingerprint density at radius 2 is 1.67 bits per heavy atom. The smallest absolute Gasteiger partial charge is 0.221 e. The van der Waals surface area contributed by atoms with Gasteiger partial charge in [-0.25, -0.2) is 0 Å². The number of methoxy groups -OCH3 is 3. The number of hydrogen-bond acceptors (Lipinski definition) is 5. The number of rotatable bonds is 9. The van der Waals surface area contributed by atoms with E-state index >= 15 is 0 Å². The molecule has 1 rings (SSSR count). The molecule has 0 aliphatic rings. The van der Waals surface area contributed by atoms with Gasteiger partial charge in [0.1, 0.15) is 17.2 Å². The molecule has 0 unspecified atom stereocenters. The first-order valence-corrected chi connectivity index (χ1v) is 6.86. The molecule has 1 aromatic rings. The second kappa shape index (κ2) is 9.07. The van der Waals surface area contributed by atoms with Crippen LogP contribution in [0.2, 0.25) is 0 Å². The molecule has 21 heavy (non-hydrogen) atoms. The first-order chi connectivity index (χ1) is 10.2. The van der Waals surface area contributed by atoms with Crippen molar-refractivity contribution in [2.45, 2.75) is 12.8 Å². The number of carbonyl (C=O) groups excluding carboxylic acids is 1. The van der Waals surface area contributed by atoms with Gasteiger partial charge in [0.15, 0.2) is 0 Å². The number of hydrogen-bond donors (Lipinski definition) is 2. The van der Waals surface area contributed by atoms with E-state index < -0.39 is 0 Å². The highest BCUT2D eigenvalue weighted by atomic mass is 16.5. The number of nitrogens with one attached hydrogen (secondary N) is 2. The van der Waals surface area contributed by atoms with Crippen molar-refractivity contribution in [2.24, 2.45) is 0 Å². The van der Waals surface area contributed by atoms with E-state index in [-0.39, 0.29) is 5.91 Å². The molecule has 2 N–H and O–H groups in total. The van der Waals surface area contributed by atoms with Crippen molar-refractivity contribution in [3.8, 4) is 17.2 Å². The molecule has 0 aliphatic carbocycles. The second-order valence-electron chi connectivity index (χ2n) is 4.46. The Morgan fingerprint density at radius 3 is 2.14 bits per heavy atom. The highest BCUT2D eigenvalue weighted by molar-refractivity contribution is 5.76. The predicted octanol–water partition coefficient (Wildman–Crippen LogP) is 0.981. The molecule has 6 nitrogen and oxygen atoms in total. The number of amides is 1. The number of benzene rings is 1. The molecule has 0 aliphatic heterocycles. The maximum absolute atomic E-state index is 11.6. The largest absolute Gasteiger partial charge is 0.496 e. The molecule has 6 heteroatoms. The van der Waals surface area contributed by atoms with Gasteiger partial charge in [0.05, 0.1) is 21.3 Å². The topological polar surface area (TPSA) is 68.8 Å². The summed E-state index contributed by atoms with van der Waals surface area (Å²) in [6, 6.07) is 3.61. The van der Waals surface area contributed by atoms with Gasteiger partial charge in [-0.3, -0.25) is 4.79 Å². The van der Waals surface area contributed by atoms with Crippen molar-refractivity contribution in [1.29, 1.82) is 0 Å². The van der Waals surface area contributed by atoms with Gasteiger partial charge in [-0.15, -0.1) is 0 Å². The van der Waals surface area contributed by atoms with Gasteiger partial charge >= 0.3 is 0 Å². The Morgan fingerprint density at radius 1 is 1.05 bits per heavy atom. The summed E-state index contributed by atoms with van der Waals surface area (Å²) in [4.78, 5) is 11.6. The van der Waals surface area contributed by atoms with E-state index in [1.165, 1.54) is 0 Å². The van der Waals surface area contributed by atoms with Crippen molar-refractivity contribution < 1.29 is 19.0 Å². The summed E-state index contributed by atoms with van der Waals surface area (Å²) in [5.74, 6) is 2.08. The molecule has 0 atom stereocenters. The van der Waals surface area contributed by atoms with Crippen LogP contribution in [0.15, 0.2) is 12.1 Å². The summed E-state index contributed by atoms with van der Waals surface area (Å²) in [7, 11) is 6.61. The van der Waals surface area contributed by atoms with Crippen molar-refractivity contribution >= 4 is 5.91 Å². The monoisotopic (exact) mass is 296 g/mol. The van der Waals surface area contributed by atoms with Gasteiger partial charge < -0.3 is 24.8 Å². The van der Waals surface area contributed by atoms with Crippen LogP contribution in [0, 0.1) is 0 Å². The van der Waals surface area contributed by atoms with Crippen molar-refractivity contribution in [3.63, 3.8) is 0 Å². The minimum atomic E-state index is 0.0239. The van der Waals surface area contributed by atoms with E-state index in [9.17, 15) is 4.79 Å². The summed E-state index contributed by atoms with van der Waals surface area (Å²) in [5, 5.41) is 5.82. The van der Waals surface area contributed by atoms with Crippen molar-refractivity contribution in [3.05, 3.63) is 17.7 Å². The van der Waals surface area contributed by atoms with E-state index in [1.807, 2.05) is 7.05 Å². The highest BCUT2D eigenvalue weighted by Gasteiger charge is 2.13. The summed E-state index contributed by atoms with van der Waals surface area (Å²) >= 11 is 0. The van der Waals surface area contributed by atoms with Gasteiger partial charge in [0.2, 0.25) is 5.91 Å². The van der Waals surface area contributed by atoms with Crippen LogP contribution in [0.5, 0.6) is 17.2 Å². The third-order valence-corrected chi connectivity index (χ3v) is 3.12. The molecule has 0 heterocycles. The molecule has 0 saturated heterocycles. The molecule has 0 bridgehead atoms. The summed E-state index contributed by atoms with van der Waals surface area (Å²) in [6.07, 6.45) is 1.09. The van der Waals surface area contributed by atoms with Crippen LogP contribution in [0.3, 0.4) is 0 Å². The summed E-state index contributed by atoms with van der Waals surface area (Å²) in [5.41, 5.74) is 0.912. The maximum Gasteiger partial charge on any atom is 0.221 e.